The molecular formula is C14H18N4O2. The van der Waals surface area contributed by atoms with Crippen molar-refractivity contribution in [1.29, 1.82) is 0 Å². The molecule has 0 saturated heterocycles. The van der Waals surface area contributed by atoms with Crippen molar-refractivity contribution < 1.29 is 9.47 Å². The monoisotopic (exact) mass is 274 g/mol. The average Bonchev–Trinajstić information content (AvgIpc) is 2.53. The Bertz CT molecular complexity index is 548. The quantitative estimate of drug-likeness (QED) is 0.858. The number of nitrogens with one attached hydrogen (secondary N) is 1. The Morgan fingerprint density at radius 2 is 1.95 bits per heavy atom. The van der Waals surface area contributed by atoms with Crippen molar-refractivity contribution in [3.63, 3.8) is 0 Å². The highest BCUT2D eigenvalue weighted by Gasteiger charge is 2.18. The SMILES string of the molecule is CNC(Cc1ccncc1)c1ncc(OC)nc1OC. The number of pyridine rings is 1. The van der Waals surface area contributed by atoms with Crippen LogP contribution in [0, 0.1) is 0 Å². The Morgan fingerprint density at radius 1 is 1.20 bits per heavy atom. The van der Waals surface area contributed by atoms with Gasteiger partial charge in [0.15, 0.2) is 0 Å². The van der Waals surface area contributed by atoms with Crippen LogP contribution in [0.4, 0.5) is 0 Å². The van der Waals surface area contributed by atoms with Gasteiger partial charge in [0.05, 0.1) is 26.5 Å². The fraction of sp³-hybridized carbons (Fsp3) is 0.357. The topological polar surface area (TPSA) is 69.2 Å². The first-order valence-electron chi connectivity index (χ1n) is 6.29. The van der Waals surface area contributed by atoms with E-state index in [4.69, 9.17) is 9.47 Å². The molecule has 0 spiro atoms. The number of aromatic nitrogens is 3. The van der Waals surface area contributed by atoms with Crippen LogP contribution in [-0.2, 0) is 6.42 Å². The maximum absolute atomic E-state index is 5.30. The minimum atomic E-state index is 0.00533. The summed E-state index contributed by atoms with van der Waals surface area (Å²) in [6.07, 6.45) is 5.92. The van der Waals surface area contributed by atoms with Crippen LogP contribution in [0.15, 0.2) is 30.7 Å². The zero-order valence-electron chi connectivity index (χ0n) is 11.8. The lowest BCUT2D eigenvalue weighted by Crippen LogP contribution is -2.21. The molecule has 2 heterocycles. The number of methoxy groups -OCH3 is 2. The molecule has 0 aliphatic carbocycles. The second-order valence-electron chi connectivity index (χ2n) is 4.21. The maximum atomic E-state index is 5.30. The summed E-state index contributed by atoms with van der Waals surface area (Å²) in [5.41, 5.74) is 1.92. The van der Waals surface area contributed by atoms with E-state index in [9.17, 15) is 0 Å². The van der Waals surface area contributed by atoms with E-state index in [1.807, 2.05) is 19.2 Å². The molecule has 0 aromatic carbocycles. The lowest BCUT2D eigenvalue weighted by molar-refractivity contribution is 0.350. The van der Waals surface area contributed by atoms with Crippen LogP contribution >= 0.6 is 0 Å². The van der Waals surface area contributed by atoms with Crippen molar-refractivity contribution >= 4 is 0 Å². The van der Waals surface area contributed by atoms with Crippen molar-refractivity contribution in [2.75, 3.05) is 21.3 Å². The van der Waals surface area contributed by atoms with E-state index in [1.165, 1.54) is 5.56 Å². The highest BCUT2D eigenvalue weighted by atomic mass is 16.5. The van der Waals surface area contributed by atoms with Gasteiger partial charge in [0.2, 0.25) is 11.8 Å². The van der Waals surface area contributed by atoms with Gasteiger partial charge in [-0.05, 0) is 31.2 Å². The third-order valence-electron chi connectivity index (χ3n) is 3.02. The van der Waals surface area contributed by atoms with Gasteiger partial charge in [-0.3, -0.25) is 4.98 Å². The lowest BCUT2D eigenvalue weighted by atomic mass is 10.0. The molecule has 2 aromatic rings. The van der Waals surface area contributed by atoms with Gasteiger partial charge in [0, 0.05) is 12.4 Å². The average molecular weight is 274 g/mol. The molecule has 0 radical (unpaired) electrons. The van der Waals surface area contributed by atoms with Crippen LogP contribution in [0.2, 0.25) is 0 Å². The van der Waals surface area contributed by atoms with Crippen molar-refractivity contribution in [2.45, 2.75) is 12.5 Å². The molecule has 0 saturated carbocycles. The first kappa shape index (κ1) is 14.2. The molecule has 20 heavy (non-hydrogen) atoms. The molecule has 6 heteroatoms. The van der Waals surface area contributed by atoms with Gasteiger partial charge in [-0.1, -0.05) is 0 Å². The van der Waals surface area contributed by atoms with E-state index >= 15 is 0 Å². The molecule has 1 atom stereocenters. The van der Waals surface area contributed by atoms with Gasteiger partial charge in [0.1, 0.15) is 5.69 Å². The van der Waals surface area contributed by atoms with Gasteiger partial charge in [0.25, 0.3) is 0 Å². The van der Waals surface area contributed by atoms with Crippen LogP contribution in [0.25, 0.3) is 0 Å². The summed E-state index contributed by atoms with van der Waals surface area (Å²) in [6.45, 7) is 0. The molecule has 1 N–H and O–H groups in total. The molecule has 2 aromatic heterocycles. The fourth-order valence-electron chi connectivity index (χ4n) is 1.94. The number of likely N-dealkylation sites (N-methyl/N-ethyl adjacent to an activating group) is 1. The number of rotatable bonds is 6. The zero-order chi connectivity index (χ0) is 14.4. The molecule has 0 amide bonds. The van der Waals surface area contributed by atoms with Crippen molar-refractivity contribution in [3.8, 4) is 11.8 Å². The van der Waals surface area contributed by atoms with E-state index < -0.39 is 0 Å². The predicted molar refractivity (Wildman–Crippen MR) is 74.9 cm³/mol. The van der Waals surface area contributed by atoms with Gasteiger partial charge in [-0.2, -0.15) is 4.98 Å². The van der Waals surface area contributed by atoms with Crippen LogP contribution in [0.3, 0.4) is 0 Å². The van der Waals surface area contributed by atoms with Crippen LogP contribution < -0.4 is 14.8 Å². The van der Waals surface area contributed by atoms with E-state index in [0.29, 0.717) is 11.8 Å². The number of hydrogen-bond donors (Lipinski definition) is 1. The summed E-state index contributed by atoms with van der Waals surface area (Å²) in [6, 6.07) is 3.97. The Morgan fingerprint density at radius 3 is 2.55 bits per heavy atom. The molecule has 1 unspecified atom stereocenters. The molecule has 0 bridgehead atoms. The van der Waals surface area contributed by atoms with E-state index in [-0.39, 0.29) is 6.04 Å². The fourth-order valence-corrected chi connectivity index (χ4v) is 1.94. The first-order chi connectivity index (χ1) is 9.78. The Kier molecular flexibility index (Phi) is 4.84. The van der Waals surface area contributed by atoms with Crippen LogP contribution in [0.1, 0.15) is 17.3 Å². The lowest BCUT2D eigenvalue weighted by Gasteiger charge is -2.18. The smallest absolute Gasteiger partial charge is 0.240 e. The largest absolute Gasteiger partial charge is 0.480 e. The van der Waals surface area contributed by atoms with E-state index in [0.717, 1.165) is 12.1 Å². The van der Waals surface area contributed by atoms with Gasteiger partial charge < -0.3 is 14.8 Å². The third kappa shape index (κ3) is 3.21. The van der Waals surface area contributed by atoms with Gasteiger partial charge in [-0.15, -0.1) is 0 Å². The summed E-state index contributed by atoms with van der Waals surface area (Å²) in [5, 5.41) is 3.24. The maximum Gasteiger partial charge on any atom is 0.240 e. The van der Waals surface area contributed by atoms with Crippen molar-refractivity contribution in [2.24, 2.45) is 0 Å². The summed E-state index contributed by atoms with van der Waals surface area (Å²) in [4.78, 5) is 12.7. The van der Waals surface area contributed by atoms with Gasteiger partial charge >= 0.3 is 0 Å². The number of nitrogens with zero attached hydrogens (tertiary/aromatic N) is 3. The van der Waals surface area contributed by atoms with E-state index in [2.05, 4.69) is 20.3 Å². The predicted octanol–water partition coefficient (Wildman–Crippen LogP) is 1.39. The van der Waals surface area contributed by atoms with Crippen LogP contribution in [0.5, 0.6) is 11.8 Å². The van der Waals surface area contributed by atoms with E-state index in [1.54, 1.807) is 32.8 Å². The van der Waals surface area contributed by atoms with Gasteiger partial charge in [-0.25, -0.2) is 4.98 Å². The number of ether oxygens (including phenoxy) is 2. The zero-order valence-corrected chi connectivity index (χ0v) is 11.8. The number of hydrogen-bond acceptors (Lipinski definition) is 6. The highest BCUT2D eigenvalue weighted by molar-refractivity contribution is 5.27. The minimum Gasteiger partial charge on any atom is -0.480 e. The Labute approximate surface area is 118 Å². The molecule has 6 nitrogen and oxygen atoms in total. The summed E-state index contributed by atoms with van der Waals surface area (Å²) in [7, 11) is 5.01. The highest BCUT2D eigenvalue weighted by Crippen LogP contribution is 2.25. The molecule has 2 rings (SSSR count). The molecule has 0 fully saturated rings. The van der Waals surface area contributed by atoms with Crippen LogP contribution in [-0.4, -0.2) is 36.2 Å². The molecule has 106 valence electrons. The molecular weight excluding hydrogens is 256 g/mol. The third-order valence-corrected chi connectivity index (χ3v) is 3.02. The summed E-state index contributed by atoms with van der Waals surface area (Å²) < 4.78 is 10.4. The van der Waals surface area contributed by atoms with Crippen molar-refractivity contribution in [1.82, 2.24) is 20.3 Å². The molecule has 0 aliphatic heterocycles. The second-order valence-corrected chi connectivity index (χ2v) is 4.21. The molecule has 0 aliphatic rings. The summed E-state index contributed by atoms with van der Waals surface area (Å²) in [5.74, 6) is 0.905. The summed E-state index contributed by atoms with van der Waals surface area (Å²) >= 11 is 0. The normalized spacial score (nSPS) is 11.9. The Balaban J connectivity index is 2.27. The first-order valence-corrected chi connectivity index (χ1v) is 6.29. The van der Waals surface area contributed by atoms with Crippen molar-refractivity contribution in [3.05, 3.63) is 42.0 Å². The standard InChI is InChI=1S/C14H18N4O2/c1-15-11(8-10-4-6-16-7-5-10)13-14(20-3)18-12(19-2)9-17-13/h4-7,9,11,15H,8H2,1-3H3. The second kappa shape index (κ2) is 6.81. The minimum absolute atomic E-state index is 0.00533. The Hall–Kier alpha value is -2.21.